The van der Waals surface area contributed by atoms with Crippen molar-refractivity contribution in [3.8, 4) is 0 Å². The second-order valence-corrected chi connectivity index (χ2v) is 5.14. The van der Waals surface area contributed by atoms with Gasteiger partial charge in [-0.3, -0.25) is 0 Å². The van der Waals surface area contributed by atoms with Crippen molar-refractivity contribution in [2.45, 2.75) is 57.9 Å². The van der Waals surface area contributed by atoms with Crippen LogP contribution in [0.1, 0.15) is 52.0 Å². The summed E-state index contributed by atoms with van der Waals surface area (Å²) in [5.41, 5.74) is 9.23. The van der Waals surface area contributed by atoms with Crippen LogP contribution in [0, 0.1) is 0 Å². The highest BCUT2D eigenvalue weighted by Crippen LogP contribution is 2.36. The Morgan fingerprint density at radius 2 is 1.72 bits per heavy atom. The number of rotatable bonds is 7. The lowest BCUT2D eigenvalue weighted by atomic mass is 9.69. The van der Waals surface area contributed by atoms with E-state index in [-0.39, 0.29) is 11.5 Å². The highest BCUT2D eigenvalue weighted by Gasteiger charge is 2.34. The van der Waals surface area contributed by atoms with Crippen molar-refractivity contribution in [2.75, 3.05) is 0 Å². The Bertz CT molecular complexity index is 362. The van der Waals surface area contributed by atoms with Crippen molar-refractivity contribution < 1.29 is 0 Å². The van der Waals surface area contributed by atoms with Crippen LogP contribution in [0.4, 0.5) is 0 Å². The zero-order chi connectivity index (χ0) is 13.6. The van der Waals surface area contributed by atoms with E-state index in [1.165, 1.54) is 11.1 Å². The molecule has 1 aromatic carbocycles. The molecule has 0 aliphatic heterocycles. The summed E-state index contributed by atoms with van der Waals surface area (Å²) >= 11 is 0. The van der Waals surface area contributed by atoms with Gasteiger partial charge in [-0.2, -0.15) is 0 Å². The molecule has 0 radical (unpaired) electrons. The van der Waals surface area contributed by atoms with Gasteiger partial charge < -0.3 is 5.73 Å². The molecule has 0 spiro atoms. The zero-order valence-corrected chi connectivity index (χ0v) is 12.1. The van der Waals surface area contributed by atoms with E-state index in [0.717, 1.165) is 25.7 Å². The maximum Gasteiger partial charge on any atom is 0.0173 e. The summed E-state index contributed by atoms with van der Waals surface area (Å²) in [5.74, 6) is 0. The molecule has 0 aromatic heterocycles. The van der Waals surface area contributed by atoms with Gasteiger partial charge in [-0.05, 0) is 31.2 Å². The Morgan fingerprint density at radius 1 is 1.17 bits per heavy atom. The first-order valence-electron chi connectivity index (χ1n) is 7.08. The quantitative estimate of drug-likeness (QED) is 0.707. The van der Waals surface area contributed by atoms with Crippen molar-refractivity contribution in [1.29, 1.82) is 0 Å². The van der Waals surface area contributed by atoms with Crippen molar-refractivity contribution in [1.82, 2.24) is 0 Å². The van der Waals surface area contributed by atoms with Gasteiger partial charge in [-0.15, -0.1) is 0 Å². The lowest BCUT2D eigenvalue weighted by molar-refractivity contribution is 0.313. The Labute approximate surface area is 112 Å². The molecule has 2 N–H and O–H groups in total. The lowest BCUT2D eigenvalue weighted by Gasteiger charge is -2.38. The van der Waals surface area contributed by atoms with Crippen LogP contribution in [0.2, 0.25) is 0 Å². The van der Waals surface area contributed by atoms with E-state index in [1.807, 2.05) is 0 Å². The van der Waals surface area contributed by atoms with Crippen LogP contribution in [0.3, 0.4) is 0 Å². The fraction of sp³-hybridized carbons (Fsp3) is 0.529. The molecular weight excluding hydrogens is 218 g/mol. The SMILES string of the molecule is C=C(CC)CC(N)C(CC)(CC)c1ccccc1. The van der Waals surface area contributed by atoms with Crippen molar-refractivity contribution in [3.63, 3.8) is 0 Å². The summed E-state index contributed by atoms with van der Waals surface area (Å²) in [4.78, 5) is 0. The summed E-state index contributed by atoms with van der Waals surface area (Å²) in [6.45, 7) is 10.7. The molecule has 0 heterocycles. The van der Waals surface area contributed by atoms with E-state index in [1.54, 1.807) is 0 Å². The molecular formula is C17H27N. The standard InChI is InChI=1S/C17H27N/c1-5-14(4)13-16(18)17(6-2,7-3)15-11-9-8-10-12-15/h8-12,16H,4-7,13,18H2,1-3H3. The highest BCUT2D eigenvalue weighted by atomic mass is 14.7. The van der Waals surface area contributed by atoms with Crippen LogP contribution in [0.5, 0.6) is 0 Å². The largest absolute Gasteiger partial charge is 0.327 e. The normalized spacial score (nSPS) is 13.3. The smallest absolute Gasteiger partial charge is 0.0173 e. The lowest BCUT2D eigenvalue weighted by Crippen LogP contribution is -2.45. The Morgan fingerprint density at radius 3 is 2.17 bits per heavy atom. The molecule has 1 nitrogen and oxygen atoms in total. The fourth-order valence-electron chi connectivity index (χ4n) is 2.82. The van der Waals surface area contributed by atoms with Gasteiger partial charge in [-0.25, -0.2) is 0 Å². The topological polar surface area (TPSA) is 26.0 Å². The molecule has 1 aromatic rings. The Hall–Kier alpha value is -1.08. The molecule has 0 saturated carbocycles. The minimum Gasteiger partial charge on any atom is -0.327 e. The second-order valence-electron chi connectivity index (χ2n) is 5.14. The predicted octanol–water partition coefficient (Wildman–Crippen LogP) is 4.43. The zero-order valence-electron chi connectivity index (χ0n) is 12.1. The molecule has 0 amide bonds. The van der Waals surface area contributed by atoms with Crippen molar-refractivity contribution in [2.24, 2.45) is 5.73 Å². The third-order valence-corrected chi connectivity index (χ3v) is 4.33. The average Bonchev–Trinajstić information content (AvgIpc) is 2.42. The number of hydrogen-bond acceptors (Lipinski definition) is 1. The van der Waals surface area contributed by atoms with Crippen LogP contribution >= 0.6 is 0 Å². The summed E-state index contributed by atoms with van der Waals surface area (Å²) in [5, 5.41) is 0. The minimum atomic E-state index is 0.0827. The van der Waals surface area contributed by atoms with Gasteiger partial charge in [0.25, 0.3) is 0 Å². The Kier molecular flexibility index (Phi) is 5.61. The van der Waals surface area contributed by atoms with E-state index in [0.29, 0.717) is 0 Å². The number of hydrogen-bond donors (Lipinski definition) is 1. The van der Waals surface area contributed by atoms with E-state index in [4.69, 9.17) is 5.73 Å². The van der Waals surface area contributed by atoms with Crippen molar-refractivity contribution in [3.05, 3.63) is 48.0 Å². The molecule has 0 bridgehead atoms. The first-order chi connectivity index (χ1) is 8.60. The van der Waals surface area contributed by atoms with Crippen LogP contribution in [-0.2, 0) is 5.41 Å². The van der Waals surface area contributed by atoms with Gasteiger partial charge in [0.05, 0.1) is 0 Å². The average molecular weight is 245 g/mol. The molecule has 0 fully saturated rings. The molecule has 1 unspecified atom stereocenters. The second kappa shape index (κ2) is 6.75. The molecule has 0 saturated heterocycles. The van der Waals surface area contributed by atoms with E-state index in [9.17, 15) is 0 Å². The summed E-state index contributed by atoms with van der Waals surface area (Å²) in [6, 6.07) is 10.9. The van der Waals surface area contributed by atoms with E-state index >= 15 is 0 Å². The third-order valence-electron chi connectivity index (χ3n) is 4.33. The van der Waals surface area contributed by atoms with Gasteiger partial charge in [0.2, 0.25) is 0 Å². The van der Waals surface area contributed by atoms with Gasteiger partial charge in [0.15, 0.2) is 0 Å². The molecule has 0 aliphatic rings. The van der Waals surface area contributed by atoms with Gasteiger partial charge in [0.1, 0.15) is 0 Å². The number of nitrogens with two attached hydrogens (primary N) is 1. The van der Waals surface area contributed by atoms with Gasteiger partial charge >= 0.3 is 0 Å². The van der Waals surface area contributed by atoms with E-state index < -0.39 is 0 Å². The van der Waals surface area contributed by atoms with Gasteiger partial charge in [-0.1, -0.05) is 63.3 Å². The van der Waals surface area contributed by atoms with Gasteiger partial charge in [0, 0.05) is 11.5 Å². The summed E-state index contributed by atoms with van der Waals surface area (Å²) in [7, 11) is 0. The predicted molar refractivity (Wildman–Crippen MR) is 80.7 cm³/mol. The fourth-order valence-corrected chi connectivity index (χ4v) is 2.82. The molecule has 0 aliphatic carbocycles. The number of benzene rings is 1. The molecule has 1 atom stereocenters. The summed E-state index contributed by atoms with van der Waals surface area (Å²) < 4.78 is 0. The first kappa shape index (κ1) is 15.0. The first-order valence-corrected chi connectivity index (χ1v) is 7.08. The summed E-state index contributed by atoms with van der Waals surface area (Å²) in [6.07, 6.45) is 4.09. The molecule has 1 heteroatoms. The minimum absolute atomic E-state index is 0.0827. The molecule has 18 heavy (non-hydrogen) atoms. The third kappa shape index (κ3) is 3.02. The van der Waals surface area contributed by atoms with Crippen LogP contribution < -0.4 is 5.73 Å². The monoisotopic (exact) mass is 245 g/mol. The van der Waals surface area contributed by atoms with Crippen LogP contribution in [-0.4, -0.2) is 6.04 Å². The van der Waals surface area contributed by atoms with Crippen molar-refractivity contribution >= 4 is 0 Å². The van der Waals surface area contributed by atoms with E-state index in [2.05, 4.69) is 57.7 Å². The molecule has 100 valence electrons. The molecule has 1 rings (SSSR count). The maximum absolute atomic E-state index is 6.52. The van der Waals surface area contributed by atoms with Crippen LogP contribution in [0.25, 0.3) is 0 Å². The Balaban J connectivity index is 3.03. The maximum atomic E-state index is 6.52. The van der Waals surface area contributed by atoms with Crippen LogP contribution in [0.15, 0.2) is 42.5 Å². The highest BCUT2D eigenvalue weighted by molar-refractivity contribution is 5.28.